The minimum absolute atomic E-state index is 0.151. The van der Waals surface area contributed by atoms with Crippen molar-refractivity contribution in [1.29, 1.82) is 0 Å². The molecule has 0 spiro atoms. The van der Waals surface area contributed by atoms with Gasteiger partial charge in [0.2, 0.25) is 7.29 Å². The largest absolute Gasteiger partial charge is 0.332 e. The minimum Gasteiger partial charge on any atom is -0.309 e. The second-order valence-corrected chi connectivity index (χ2v) is 10.6. The van der Waals surface area contributed by atoms with Crippen LogP contribution in [-0.2, 0) is 18.2 Å². The molecule has 0 saturated carbocycles. The fourth-order valence-corrected chi connectivity index (χ4v) is 7.27. The Morgan fingerprint density at radius 1 is 0.846 bits per heavy atom. The van der Waals surface area contributed by atoms with Crippen LogP contribution in [0.5, 0.6) is 0 Å². The number of rotatable bonds is 10. The smallest absolute Gasteiger partial charge is 0.309 e. The third kappa shape index (κ3) is 5.39. The molecule has 2 aromatic rings. The van der Waals surface area contributed by atoms with Crippen molar-refractivity contribution in [2.45, 2.75) is 26.8 Å². The van der Waals surface area contributed by atoms with Crippen molar-refractivity contribution in [2.75, 3.05) is 19.4 Å². The molecule has 7 heteroatoms. The second kappa shape index (κ2) is 9.64. The van der Waals surface area contributed by atoms with E-state index in [1.54, 1.807) is 13.8 Å². The van der Waals surface area contributed by atoms with Gasteiger partial charge < -0.3 is 9.05 Å². The zero-order chi connectivity index (χ0) is 19.0. The van der Waals surface area contributed by atoms with Crippen LogP contribution in [0.15, 0.2) is 60.7 Å². The fourth-order valence-electron chi connectivity index (χ4n) is 2.80. The predicted molar refractivity (Wildman–Crippen MR) is 108 cm³/mol. The first-order valence-electron chi connectivity index (χ1n) is 8.80. The third-order valence-corrected chi connectivity index (χ3v) is 8.94. The Morgan fingerprint density at radius 3 is 1.65 bits per heavy atom. The van der Waals surface area contributed by atoms with E-state index in [0.717, 1.165) is 0 Å². The highest BCUT2D eigenvalue weighted by Crippen LogP contribution is 2.49. The maximum absolute atomic E-state index is 13.9. The Morgan fingerprint density at radius 2 is 1.27 bits per heavy atom. The number of hydrogen-bond donors (Lipinski definition) is 1. The SMILES string of the molecule is CCOP(=O)(CC(C)NP(=O)(c1ccccc1)c1ccccc1)OCC. The lowest BCUT2D eigenvalue weighted by Gasteiger charge is -2.27. The highest BCUT2D eigenvalue weighted by Gasteiger charge is 2.33. The van der Waals surface area contributed by atoms with Crippen molar-refractivity contribution in [3.8, 4) is 0 Å². The first-order valence-corrected chi connectivity index (χ1v) is 12.2. The molecule has 0 heterocycles. The molecule has 0 fully saturated rings. The monoisotopic (exact) mass is 395 g/mol. The zero-order valence-electron chi connectivity index (χ0n) is 15.5. The van der Waals surface area contributed by atoms with Crippen molar-refractivity contribution in [1.82, 2.24) is 5.09 Å². The van der Waals surface area contributed by atoms with Crippen molar-refractivity contribution in [2.24, 2.45) is 0 Å². The summed E-state index contributed by atoms with van der Waals surface area (Å²) in [6, 6.07) is 18.3. The van der Waals surface area contributed by atoms with Crippen LogP contribution in [0.1, 0.15) is 20.8 Å². The van der Waals surface area contributed by atoms with E-state index in [4.69, 9.17) is 9.05 Å². The van der Waals surface area contributed by atoms with Gasteiger partial charge in [0, 0.05) is 16.7 Å². The van der Waals surface area contributed by atoms with Gasteiger partial charge in [-0.25, -0.2) is 0 Å². The molecule has 142 valence electrons. The summed E-state index contributed by atoms with van der Waals surface area (Å²) in [7, 11) is -6.31. The van der Waals surface area contributed by atoms with Gasteiger partial charge in [-0.2, -0.15) is 0 Å². The molecule has 0 aliphatic carbocycles. The van der Waals surface area contributed by atoms with Gasteiger partial charge in [-0.3, -0.25) is 14.2 Å². The van der Waals surface area contributed by atoms with Gasteiger partial charge in [0.25, 0.3) is 0 Å². The maximum Gasteiger partial charge on any atom is 0.332 e. The Labute approximate surface area is 156 Å². The number of nitrogens with one attached hydrogen (secondary N) is 1. The lowest BCUT2D eigenvalue weighted by atomic mass is 10.4. The molecule has 2 rings (SSSR count). The van der Waals surface area contributed by atoms with Gasteiger partial charge in [0.15, 0.2) is 0 Å². The summed E-state index contributed by atoms with van der Waals surface area (Å²) in [4.78, 5) is 0. The number of benzene rings is 2. The molecule has 1 atom stereocenters. The molecular weight excluding hydrogens is 368 g/mol. The van der Waals surface area contributed by atoms with Gasteiger partial charge in [-0.05, 0) is 45.0 Å². The molecule has 1 N–H and O–H groups in total. The van der Waals surface area contributed by atoms with Crippen molar-refractivity contribution in [3.63, 3.8) is 0 Å². The first-order chi connectivity index (χ1) is 12.4. The van der Waals surface area contributed by atoms with Gasteiger partial charge in [0.05, 0.1) is 19.4 Å². The molecule has 26 heavy (non-hydrogen) atoms. The van der Waals surface area contributed by atoms with Crippen molar-refractivity contribution >= 4 is 25.5 Å². The molecule has 0 radical (unpaired) electrons. The normalized spacial score (nSPS) is 13.5. The Kier molecular flexibility index (Phi) is 7.82. The van der Waals surface area contributed by atoms with Crippen molar-refractivity contribution < 1.29 is 18.2 Å². The summed E-state index contributed by atoms with van der Waals surface area (Å²) in [6.07, 6.45) is 0.151. The quantitative estimate of drug-likeness (QED) is 0.612. The second-order valence-electron chi connectivity index (χ2n) is 5.94. The minimum atomic E-state index is -3.23. The molecule has 0 amide bonds. The first kappa shape index (κ1) is 21.1. The van der Waals surface area contributed by atoms with E-state index >= 15 is 0 Å². The van der Waals surface area contributed by atoms with E-state index in [-0.39, 0.29) is 12.2 Å². The topological polar surface area (TPSA) is 64.6 Å². The molecule has 0 aliphatic rings. The predicted octanol–water partition coefficient (Wildman–Crippen LogP) is 4.16. The van der Waals surface area contributed by atoms with Crippen LogP contribution in [0.3, 0.4) is 0 Å². The number of hydrogen-bond acceptors (Lipinski definition) is 4. The summed E-state index contributed by atoms with van der Waals surface area (Å²) >= 11 is 0. The van der Waals surface area contributed by atoms with Gasteiger partial charge >= 0.3 is 7.60 Å². The van der Waals surface area contributed by atoms with E-state index < -0.39 is 14.9 Å². The van der Waals surface area contributed by atoms with E-state index in [1.807, 2.05) is 67.6 Å². The Balaban J connectivity index is 2.31. The Hall–Kier alpha value is -1.22. The lowest BCUT2D eigenvalue weighted by Crippen LogP contribution is -2.35. The Bertz CT molecular complexity index is 714. The maximum atomic E-state index is 13.9. The molecule has 2 aromatic carbocycles. The fraction of sp³-hybridized carbons (Fsp3) is 0.368. The molecule has 5 nitrogen and oxygen atoms in total. The molecule has 0 aromatic heterocycles. The third-order valence-electron chi connectivity index (χ3n) is 3.79. The van der Waals surface area contributed by atoms with Gasteiger partial charge in [-0.1, -0.05) is 36.4 Å². The zero-order valence-corrected chi connectivity index (χ0v) is 17.3. The molecule has 0 aliphatic heterocycles. The van der Waals surface area contributed by atoms with Gasteiger partial charge in [0.1, 0.15) is 0 Å². The molecule has 0 bridgehead atoms. The lowest BCUT2D eigenvalue weighted by molar-refractivity contribution is 0.218. The van der Waals surface area contributed by atoms with E-state index in [0.29, 0.717) is 23.8 Å². The summed E-state index contributed by atoms with van der Waals surface area (Å²) < 4.78 is 37.5. The summed E-state index contributed by atoms with van der Waals surface area (Å²) in [6.45, 7) is 6.02. The summed E-state index contributed by atoms with van der Waals surface area (Å²) in [5, 5.41) is 4.64. The van der Waals surface area contributed by atoms with Gasteiger partial charge in [-0.15, -0.1) is 0 Å². The molecular formula is C19H27NO4P2. The van der Waals surface area contributed by atoms with Crippen LogP contribution < -0.4 is 15.7 Å². The van der Waals surface area contributed by atoms with Crippen LogP contribution in [0.2, 0.25) is 0 Å². The highest BCUT2D eigenvalue weighted by atomic mass is 31.2. The highest BCUT2D eigenvalue weighted by molar-refractivity contribution is 7.77. The standard InChI is InChI=1S/C19H27NO4P2/c1-4-23-25(21,24-5-2)16-17(3)20-26(22,18-12-8-6-9-13-18)19-14-10-7-11-15-19/h6-15,17H,4-5,16H2,1-3H3,(H,20,22). The van der Waals surface area contributed by atoms with Crippen LogP contribution in [0, 0.1) is 0 Å². The van der Waals surface area contributed by atoms with Crippen LogP contribution >= 0.6 is 14.9 Å². The van der Waals surface area contributed by atoms with E-state index in [9.17, 15) is 9.13 Å². The molecule has 1 unspecified atom stereocenters. The summed E-state index contributed by atoms with van der Waals surface area (Å²) in [5.74, 6) is 0. The van der Waals surface area contributed by atoms with Crippen LogP contribution in [0.25, 0.3) is 0 Å². The summed E-state index contributed by atoms with van der Waals surface area (Å²) in [5.41, 5.74) is 0. The molecule has 0 saturated heterocycles. The average molecular weight is 395 g/mol. The van der Waals surface area contributed by atoms with Crippen molar-refractivity contribution in [3.05, 3.63) is 60.7 Å². The van der Waals surface area contributed by atoms with Crippen LogP contribution in [0.4, 0.5) is 0 Å². The van der Waals surface area contributed by atoms with E-state index in [1.165, 1.54) is 0 Å². The average Bonchev–Trinajstić information content (AvgIpc) is 2.63. The van der Waals surface area contributed by atoms with E-state index in [2.05, 4.69) is 5.09 Å². The van der Waals surface area contributed by atoms with Crippen LogP contribution in [-0.4, -0.2) is 25.4 Å².